The molecule has 0 bridgehead atoms. The number of para-hydroxylation sites is 1. The highest BCUT2D eigenvalue weighted by Crippen LogP contribution is 2.43. The highest BCUT2D eigenvalue weighted by atomic mass is 35.5. The van der Waals surface area contributed by atoms with Crippen molar-refractivity contribution < 1.29 is 19.3 Å². The molecule has 0 saturated carbocycles. The van der Waals surface area contributed by atoms with Crippen LogP contribution in [0.15, 0.2) is 47.6 Å². The Morgan fingerprint density at radius 2 is 2.10 bits per heavy atom. The first-order valence-electron chi connectivity index (χ1n) is 9.29. The number of hydrogen-bond donors (Lipinski definition) is 0. The second-order valence-corrected chi connectivity index (χ2v) is 7.80. The molecule has 0 N–H and O–H groups in total. The number of anilines is 1. The van der Waals surface area contributed by atoms with E-state index < -0.39 is 12.0 Å². The molecule has 4 rings (SSSR count). The SMILES string of the molecule is CCC(=O)N1c2ccccc2-c2c([O-])nc(SC)n[n+]2C1c1cc(Cl)ccc1OC. The van der Waals surface area contributed by atoms with Gasteiger partial charge in [0.25, 0.3) is 17.0 Å². The smallest absolute Gasteiger partial charge is 0.296 e. The average Bonchev–Trinajstić information content (AvgIpc) is 2.77. The summed E-state index contributed by atoms with van der Waals surface area (Å²) in [7, 11) is 1.55. The molecular formula is C21H19ClN4O3S. The lowest BCUT2D eigenvalue weighted by atomic mass is 10.0. The van der Waals surface area contributed by atoms with E-state index in [1.54, 1.807) is 54.1 Å². The van der Waals surface area contributed by atoms with Crippen molar-refractivity contribution in [3.63, 3.8) is 0 Å². The fraction of sp³-hybridized carbons (Fsp3) is 0.238. The Balaban J connectivity index is 2.11. The Morgan fingerprint density at radius 3 is 2.80 bits per heavy atom. The van der Waals surface area contributed by atoms with Crippen molar-refractivity contribution in [2.45, 2.75) is 24.7 Å². The zero-order valence-corrected chi connectivity index (χ0v) is 18.2. The Morgan fingerprint density at radius 1 is 1.33 bits per heavy atom. The first kappa shape index (κ1) is 20.4. The summed E-state index contributed by atoms with van der Waals surface area (Å²) in [4.78, 5) is 18.9. The van der Waals surface area contributed by atoms with E-state index in [9.17, 15) is 9.90 Å². The maximum Gasteiger partial charge on any atom is 0.296 e. The van der Waals surface area contributed by atoms with Crippen LogP contribution < -0.4 is 19.4 Å². The summed E-state index contributed by atoms with van der Waals surface area (Å²) in [6.45, 7) is 1.80. The molecule has 7 nitrogen and oxygen atoms in total. The lowest BCUT2D eigenvalue weighted by Crippen LogP contribution is -2.59. The zero-order valence-electron chi connectivity index (χ0n) is 16.6. The van der Waals surface area contributed by atoms with Gasteiger partial charge in [-0.15, -0.1) is 0 Å². The fourth-order valence-electron chi connectivity index (χ4n) is 3.65. The van der Waals surface area contributed by atoms with Crippen molar-refractivity contribution >= 4 is 35.0 Å². The van der Waals surface area contributed by atoms with Gasteiger partial charge in [-0.1, -0.05) is 47.1 Å². The quantitative estimate of drug-likeness (QED) is 0.456. The summed E-state index contributed by atoms with van der Waals surface area (Å²) < 4.78 is 7.13. The topological polar surface area (TPSA) is 82.3 Å². The van der Waals surface area contributed by atoms with Gasteiger partial charge >= 0.3 is 0 Å². The maximum atomic E-state index is 13.2. The molecule has 1 aliphatic rings. The van der Waals surface area contributed by atoms with Gasteiger partial charge in [-0.05, 0) is 36.6 Å². The van der Waals surface area contributed by atoms with Crippen molar-refractivity contribution in [3.05, 3.63) is 53.1 Å². The van der Waals surface area contributed by atoms with Gasteiger partial charge in [0.05, 0.1) is 29.8 Å². The molecule has 30 heavy (non-hydrogen) atoms. The van der Waals surface area contributed by atoms with Crippen LogP contribution in [0.1, 0.15) is 25.1 Å². The minimum Gasteiger partial charge on any atom is -0.854 e. The highest BCUT2D eigenvalue weighted by molar-refractivity contribution is 7.98. The van der Waals surface area contributed by atoms with Crippen LogP contribution >= 0.6 is 23.4 Å². The van der Waals surface area contributed by atoms with Crippen LogP contribution in [-0.4, -0.2) is 29.4 Å². The number of benzene rings is 2. The number of methoxy groups -OCH3 is 1. The van der Waals surface area contributed by atoms with Gasteiger partial charge in [0.2, 0.25) is 5.91 Å². The van der Waals surface area contributed by atoms with Crippen LogP contribution in [0.4, 0.5) is 5.69 Å². The van der Waals surface area contributed by atoms with Gasteiger partial charge in [-0.25, -0.2) is 9.88 Å². The van der Waals surface area contributed by atoms with Crippen LogP contribution in [0, 0.1) is 0 Å². The monoisotopic (exact) mass is 442 g/mol. The number of amides is 1. The molecule has 0 radical (unpaired) electrons. The first-order valence-corrected chi connectivity index (χ1v) is 10.9. The highest BCUT2D eigenvalue weighted by Gasteiger charge is 2.45. The normalized spacial score (nSPS) is 14.8. The van der Waals surface area contributed by atoms with E-state index in [4.69, 9.17) is 16.3 Å². The minimum atomic E-state index is -0.752. The molecule has 0 spiro atoms. The van der Waals surface area contributed by atoms with E-state index >= 15 is 0 Å². The van der Waals surface area contributed by atoms with E-state index in [-0.39, 0.29) is 12.3 Å². The number of fused-ring (bicyclic) bond motifs is 3. The molecule has 1 unspecified atom stereocenters. The molecule has 1 atom stereocenters. The second-order valence-electron chi connectivity index (χ2n) is 6.59. The number of hydrogen-bond acceptors (Lipinski definition) is 6. The lowest BCUT2D eigenvalue weighted by Gasteiger charge is -2.33. The summed E-state index contributed by atoms with van der Waals surface area (Å²) >= 11 is 7.56. The van der Waals surface area contributed by atoms with Crippen molar-refractivity contribution in [3.8, 4) is 22.9 Å². The number of rotatable bonds is 4. The second kappa shape index (κ2) is 8.12. The van der Waals surface area contributed by atoms with Crippen LogP contribution in [0.25, 0.3) is 11.3 Å². The molecule has 9 heteroatoms. The number of carbonyl (C=O) groups is 1. The number of aromatic nitrogens is 3. The molecular weight excluding hydrogens is 424 g/mol. The molecule has 0 aliphatic carbocycles. The number of halogens is 1. The van der Waals surface area contributed by atoms with E-state index in [0.717, 1.165) is 0 Å². The van der Waals surface area contributed by atoms with Gasteiger partial charge in [0.15, 0.2) is 0 Å². The van der Waals surface area contributed by atoms with Crippen molar-refractivity contribution in [1.29, 1.82) is 0 Å². The predicted molar refractivity (Wildman–Crippen MR) is 113 cm³/mol. The number of thioether (sulfide) groups is 1. The number of ether oxygens (including phenoxy) is 1. The van der Waals surface area contributed by atoms with Crippen LogP contribution in [0.2, 0.25) is 5.02 Å². The summed E-state index contributed by atoms with van der Waals surface area (Å²) in [5.41, 5.74) is 2.16. The molecule has 1 amide bonds. The third kappa shape index (κ3) is 3.26. The minimum absolute atomic E-state index is 0.121. The molecule has 2 heterocycles. The largest absolute Gasteiger partial charge is 0.854 e. The molecule has 0 saturated heterocycles. The lowest BCUT2D eigenvalue weighted by molar-refractivity contribution is -0.764. The fourth-order valence-corrected chi connectivity index (χ4v) is 4.17. The van der Waals surface area contributed by atoms with Gasteiger partial charge in [0.1, 0.15) is 5.75 Å². The molecule has 154 valence electrons. The Hall–Kier alpha value is -2.84. The number of carbonyl (C=O) groups excluding carboxylic acids is 1. The van der Waals surface area contributed by atoms with Crippen LogP contribution in [0.3, 0.4) is 0 Å². The van der Waals surface area contributed by atoms with Gasteiger partial charge in [-0.3, -0.25) is 4.79 Å². The summed E-state index contributed by atoms with van der Waals surface area (Å²) in [6.07, 6.45) is 1.31. The summed E-state index contributed by atoms with van der Waals surface area (Å²) in [5.74, 6) is 0.00804. The van der Waals surface area contributed by atoms with E-state index in [1.165, 1.54) is 11.8 Å². The van der Waals surface area contributed by atoms with Crippen molar-refractivity contribution in [1.82, 2.24) is 10.1 Å². The zero-order chi connectivity index (χ0) is 21.4. The first-order chi connectivity index (χ1) is 14.5. The van der Waals surface area contributed by atoms with E-state index in [1.807, 2.05) is 18.2 Å². The molecule has 1 aliphatic heterocycles. The third-order valence-electron chi connectivity index (χ3n) is 4.94. The maximum absolute atomic E-state index is 13.2. The summed E-state index contributed by atoms with van der Waals surface area (Å²) in [6, 6.07) is 12.5. The van der Waals surface area contributed by atoms with Gasteiger partial charge in [-0.2, -0.15) is 0 Å². The third-order valence-corrected chi connectivity index (χ3v) is 5.71. The van der Waals surface area contributed by atoms with Crippen molar-refractivity contribution in [2.75, 3.05) is 18.3 Å². The molecule has 0 fully saturated rings. The van der Waals surface area contributed by atoms with Crippen LogP contribution in [-0.2, 0) is 4.79 Å². The summed E-state index contributed by atoms with van der Waals surface area (Å²) in [5, 5.41) is 18.4. The van der Waals surface area contributed by atoms with Gasteiger partial charge < -0.3 is 9.84 Å². The van der Waals surface area contributed by atoms with E-state index in [2.05, 4.69) is 10.1 Å². The Bertz CT molecular complexity index is 1140. The molecule has 1 aromatic heterocycles. The Kier molecular flexibility index (Phi) is 5.53. The standard InChI is InChI=1S/C21H19ClN4O3S/c1-4-17(27)25-15-8-6-5-7-13(15)18-19(28)23-21(30-3)24-26(18)20(25)14-11-12(22)9-10-16(14)29-2/h5-11,20H,4H2,1-3H3. The molecule has 2 aromatic carbocycles. The molecule has 3 aromatic rings. The Labute approximate surface area is 183 Å². The van der Waals surface area contributed by atoms with Gasteiger partial charge in [0, 0.05) is 16.5 Å². The predicted octanol–water partition coefficient (Wildman–Crippen LogP) is 3.19. The number of nitrogens with zero attached hydrogens (tertiary/aromatic N) is 4. The average molecular weight is 443 g/mol. The van der Waals surface area contributed by atoms with Crippen LogP contribution in [0.5, 0.6) is 11.6 Å². The van der Waals surface area contributed by atoms with Crippen molar-refractivity contribution in [2.24, 2.45) is 0 Å². The van der Waals surface area contributed by atoms with E-state index in [0.29, 0.717) is 38.4 Å².